The number of carboxylic acid groups (broad SMARTS) is 1. The lowest BCUT2D eigenvalue weighted by atomic mass is 10.1. The van der Waals surface area contributed by atoms with Gasteiger partial charge >= 0.3 is 12.0 Å². The van der Waals surface area contributed by atoms with Crippen LogP contribution in [0, 0.1) is 6.92 Å². The first-order valence-electron chi connectivity index (χ1n) is 10.6. The van der Waals surface area contributed by atoms with Crippen molar-refractivity contribution in [1.82, 2.24) is 10.2 Å². The minimum Gasteiger partial charge on any atom is -0.495 e. The minimum atomic E-state index is -0.888. The number of hydrogen-bond donors (Lipinski definition) is 4. The summed E-state index contributed by atoms with van der Waals surface area (Å²) in [5, 5.41) is 17.4. The van der Waals surface area contributed by atoms with Crippen LogP contribution in [-0.2, 0) is 16.0 Å². The summed E-state index contributed by atoms with van der Waals surface area (Å²) in [4.78, 5) is 37.6. The Morgan fingerprint density at radius 3 is 2.36 bits per heavy atom. The number of aliphatic carboxylic acids is 1. The lowest BCUT2D eigenvalue weighted by Crippen LogP contribution is -2.48. The molecule has 0 spiro atoms. The lowest BCUT2D eigenvalue weighted by molar-refractivity contribution is -0.138. The van der Waals surface area contributed by atoms with E-state index < -0.39 is 12.0 Å². The van der Waals surface area contributed by atoms with E-state index in [2.05, 4.69) is 16.0 Å². The Balaban J connectivity index is 1.98. The monoisotopic (exact) mass is 456 g/mol. The van der Waals surface area contributed by atoms with Gasteiger partial charge in [-0.25, -0.2) is 4.79 Å². The van der Waals surface area contributed by atoms with Crippen LogP contribution in [0.3, 0.4) is 0 Å². The molecule has 2 rings (SSSR count). The SMILES string of the molecule is COc1cc(CC(=O)NC(C)N(C)C(C)CC(=O)O)ccc1NC(=O)Nc1ccccc1C. The first kappa shape index (κ1) is 25.7. The van der Waals surface area contributed by atoms with Gasteiger partial charge in [-0.3, -0.25) is 14.5 Å². The third kappa shape index (κ3) is 7.80. The van der Waals surface area contributed by atoms with Gasteiger partial charge in [0.2, 0.25) is 5.91 Å². The van der Waals surface area contributed by atoms with Crippen LogP contribution in [0.25, 0.3) is 0 Å². The molecule has 2 atom stereocenters. The normalized spacial score (nSPS) is 12.5. The Hall–Kier alpha value is -3.59. The zero-order valence-electron chi connectivity index (χ0n) is 19.6. The quantitative estimate of drug-likeness (QED) is 0.407. The summed E-state index contributed by atoms with van der Waals surface area (Å²) in [5.41, 5.74) is 2.84. The number of amides is 3. The van der Waals surface area contributed by atoms with Crippen LogP contribution in [0.2, 0.25) is 0 Å². The highest BCUT2D eigenvalue weighted by molar-refractivity contribution is 6.01. The van der Waals surface area contributed by atoms with E-state index >= 15 is 0 Å². The molecule has 0 aliphatic carbocycles. The van der Waals surface area contributed by atoms with Crippen LogP contribution < -0.4 is 20.7 Å². The van der Waals surface area contributed by atoms with Gasteiger partial charge in [0.15, 0.2) is 0 Å². The van der Waals surface area contributed by atoms with E-state index in [1.807, 2.05) is 31.2 Å². The molecule has 2 aromatic rings. The summed E-state index contributed by atoms with van der Waals surface area (Å²) in [6.07, 6.45) is -0.239. The predicted molar refractivity (Wildman–Crippen MR) is 128 cm³/mol. The van der Waals surface area contributed by atoms with Crippen molar-refractivity contribution in [1.29, 1.82) is 0 Å². The number of rotatable bonds is 10. The zero-order chi connectivity index (χ0) is 24.5. The Bertz CT molecular complexity index is 995. The number of nitrogens with one attached hydrogen (secondary N) is 3. The summed E-state index contributed by atoms with van der Waals surface area (Å²) in [6.45, 7) is 5.50. The van der Waals surface area contributed by atoms with Crippen LogP contribution in [0.4, 0.5) is 16.2 Å². The van der Waals surface area contributed by atoms with Crippen molar-refractivity contribution in [3.63, 3.8) is 0 Å². The molecule has 0 heterocycles. The predicted octanol–water partition coefficient (Wildman–Crippen LogP) is 3.45. The maximum Gasteiger partial charge on any atom is 0.323 e. The number of hydrogen-bond acceptors (Lipinski definition) is 5. The van der Waals surface area contributed by atoms with Gasteiger partial charge in [0.1, 0.15) is 5.75 Å². The van der Waals surface area contributed by atoms with Crippen LogP contribution in [-0.4, -0.2) is 54.3 Å². The number of nitrogens with zero attached hydrogens (tertiary/aromatic N) is 1. The molecule has 4 N–H and O–H groups in total. The Kier molecular flexibility index (Phi) is 9.23. The second-order valence-electron chi connectivity index (χ2n) is 7.96. The number of carbonyl (C=O) groups is 3. The van der Waals surface area contributed by atoms with Crippen LogP contribution in [0.5, 0.6) is 5.75 Å². The molecular weight excluding hydrogens is 424 g/mol. The molecule has 0 bridgehead atoms. The van der Waals surface area contributed by atoms with E-state index in [1.165, 1.54) is 7.11 Å². The zero-order valence-corrected chi connectivity index (χ0v) is 19.6. The topological polar surface area (TPSA) is 120 Å². The second kappa shape index (κ2) is 11.9. The van der Waals surface area contributed by atoms with E-state index in [4.69, 9.17) is 9.84 Å². The van der Waals surface area contributed by atoms with Crippen LogP contribution in [0.1, 0.15) is 31.4 Å². The van der Waals surface area contributed by atoms with Crippen molar-refractivity contribution in [3.05, 3.63) is 53.6 Å². The van der Waals surface area contributed by atoms with E-state index in [-0.39, 0.29) is 31.0 Å². The summed E-state index contributed by atoms with van der Waals surface area (Å²) in [6, 6.07) is 12.0. The number of para-hydroxylation sites is 1. The van der Waals surface area contributed by atoms with Gasteiger partial charge in [-0.05, 0) is 57.1 Å². The van der Waals surface area contributed by atoms with Crippen molar-refractivity contribution >= 4 is 29.3 Å². The summed E-state index contributed by atoms with van der Waals surface area (Å²) in [7, 11) is 3.26. The molecule has 2 unspecified atom stereocenters. The molecule has 9 nitrogen and oxygen atoms in total. The van der Waals surface area contributed by atoms with Gasteiger partial charge in [-0.1, -0.05) is 24.3 Å². The first-order valence-corrected chi connectivity index (χ1v) is 10.6. The maximum absolute atomic E-state index is 12.5. The fraction of sp³-hybridized carbons (Fsp3) is 0.375. The number of anilines is 2. The molecule has 0 aliphatic heterocycles. The average molecular weight is 457 g/mol. The summed E-state index contributed by atoms with van der Waals surface area (Å²) >= 11 is 0. The van der Waals surface area contributed by atoms with E-state index in [0.717, 1.165) is 5.56 Å². The number of aryl methyl sites for hydroxylation is 1. The summed E-state index contributed by atoms with van der Waals surface area (Å²) in [5.74, 6) is -0.668. The Labute approximate surface area is 194 Å². The van der Waals surface area contributed by atoms with Crippen LogP contribution in [0.15, 0.2) is 42.5 Å². The molecule has 0 aromatic heterocycles. The van der Waals surface area contributed by atoms with Gasteiger partial charge in [-0.2, -0.15) is 0 Å². The largest absolute Gasteiger partial charge is 0.495 e. The van der Waals surface area contributed by atoms with Gasteiger partial charge in [0.25, 0.3) is 0 Å². The third-order valence-electron chi connectivity index (χ3n) is 5.42. The van der Waals surface area contributed by atoms with Crippen molar-refractivity contribution < 1.29 is 24.2 Å². The van der Waals surface area contributed by atoms with E-state index in [1.54, 1.807) is 44.0 Å². The first-order chi connectivity index (χ1) is 15.6. The minimum absolute atomic E-state index is 0.0141. The Morgan fingerprint density at radius 1 is 1.06 bits per heavy atom. The highest BCUT2D eigenvalue weighted by Crippen LogP contribution is 2.26. The number of methoxy groups -OCH3 is 1. The van der Waals surface area contributed by atoms with Gasteiger partial charge < -0.3 is 25.8 Å². The molecule has 0 saturated heterocycles. The smallest absolute Gasteiger partial charge is 0.323 e. The molecule has 0 aliphatic rings. The molecule has 0 fully saturated rings. The number of urea groups is 1. The number of carboxylic acids is 1. The van der Waals surface area contributed by atoms with Crippen molar-refractivity contribution in [2.24, 2.45) is 0 Å². The van der Waals surface area contributed by atoms with Crippen molar-refractivity contribution in [2.75, 3.05) is 24.8 Å². The highest BCUT2D eigenvalue weighted by atomic mass is 16.5. The van der Waals surface area contributed by atoms with Crippen LogP contribution >= 0.6 is 0 Å². The average Bonchev–Trinajstić information content (AvgIpc) is 2.75. The van der Waals surface area contributed by atoms with Crippen molar-refractivity contribution in [2.45, 2.75) is 45.8 Å². The Morgan fingerprint density at radius 2 is 1.73 bits per heavy atom. The van der Waals surface area contributed by atoms with Gasteiger partial charge in [-0.15, -0.1) is 0 Å². The number of ether oxygens (including phenoxy) is 1. The molecule has 2 aromatic carbocycles. The molecular formula is C24H32N4O5. The standard InChI is InChI=1S/C24H32N4O5/c1-15-8-6-7-9-19(15)26-24(32)27-20-11-10-18(13-21(20)33-5)14-22(29)25-17(3)28(4)16(2)12-23(30)31/h6-11,13,16-17H,12,14H2,1-5H3,(H,25,29)(H,30,31)(H2,26,27,32). The third-order valence-corrected chi connectivity index (χ3v) is 5.42. The second-order valence-corrected chi connectivity index (χ2v) is 7.96. The number of carbonyl (C=O) groups excluding carboxylic acids is 2. The fourth-order valence-corrected chi connectivity index (χ4v) is 3.29. The number of benzene rings is 2. The van der Waals surface area contributed by atoms with Gasteiger partial charge in [0.05, 0.1) is 31.8 Å². The molecule has 178 valence electrons. The molecule has 3 amide bonds. The fourth-order valence-electron chi connectivity index (χ4n) is 3.29. The molecule has 9 heteroatoms. The highest BCUT2D eigenvalue weighted by Gasteiger charge is 2.20. The molecule has 33 heavy (non-hydrogen) atoms. The maximum atomic E-state index is 12.5. The lowest BCUT2D eigenvalue weighted by Gasteiger charge is -2.30. The van der Waals surface area contributed by atoms with E-state index in [9.17, 15) is 14.4 Å². The summed E-state index contributed by atoms with van der Waals surface area (Å²) < 4.78 is 5.39. The van der Waals surface area contributed by atoms with Crippen molar-refractivity contribution in [3.8, 4) is 5.75 Å². The molecule has 0 radical (unpaired) electrons. The van der Waals surface area contributed by atoms with Gasteiger partial charge in [0, 0.05) is 11.7 Å². The van der Waals surface area contributed by atoms with E-state index in [0.29, 0.717) is 22.7 Å². The molecule has 0 saturated carbocycles.